The van der Waals surface area contributed by atoms with E-state index < -0.39 is 0 Å². The lowest BCUT2D eigenvalue weighted by atomic mass is 9.82. The molecule has 2 N–H and O–H groups in total. The third kappa shape index (κ3) is 5.91. The van der Waals surface area contributed by atoms with Crippen molar-refractivity contribution < 1.29 is 5.11 Å². The van der Waals surface area contributed by atoms with Crippen LogP contribution in [0.1, 0.15) is 12.8 Å². The Bertz CT molecular complexity index is 409. The van der Waals surface area contributed by atoms with Crippen LogP contribution < -0.4 is 5.32 Å². The molecule has 2 atom stereocenters. The summed E-state index contributed by atoms with van der Waals surface area (Å²) in [7, 11) is 0. The zero-order valence-corrected chi connectivity index (χ0v) is 12.6. The zero-order valence-electron chi connectivity index (χ0n) is 11.9. The molecule has 0 aromatic carbocycles. The summed E-state index contributed by atoms with van der Waals surface area (Å²) in [5, 5.41) is 13.0. The number of aliphatic hydroxyl groups is 1. The van der Waals surface area contributed by atoms with Crippen LogP contribution in [-0.4, -0.2) is 24.8 Å². The molecule has 20 heavy (non-hydrogen) atoms. The molecule has 2 nitrogen and oxygen atoms in total. The Balaban J connectivity index is 2.63. The van der Waals surface area contributed by atoms with Crippen LogP contribution in [0.25, 0.3) is 0 Å². The first-order valence-corrected chi connectivity index (χ1v) is 7.40. The molecule has 0 radical (unpaired) electrons. The van der Waals surface area contributed by atoms with Gasteiger partial charge in [0.25, 0.3) is 0 Å². The van der Waals surface area contributed by atoms with Crippen molar-refractivity contribution in [3.8, 4) is 0 Å². The first kappa shape index (κ1) is 17.0. The largest absolute Gasteiger partial charge is 0.396 e. The van der Waals surface area contributed by atoms with Crippen LogP contribution in [0.2, 0.25) is 0 Å². The summed E-state index contributed by atoms with van der Waals surface area (Å²) < 4.78 is 0. The third-order valence-corrected chi connectivity index (χ3v) is 3.68. The molecule has 0 saturated carbocycles. The van der Waals surface area contributed by atoms with E-state index in [0.717, 1.165) is 36.5 Å². The summed E-state index contributed by atoms with van der Waals surface area (Å²) in [5.74, 6) is 0.725. The first-order valence-electron chi connectivity index (χ1n) is 7.02. The minimum absolute atomic E-state index is 0.219. The molecule has 0 saturated heterocycles. The van der Waals surface area contributed by atoms with Crippen LogP contribution in [0.3, 0.4) is 0 Å². The molecule has 1 aliphatic carbocycles. The lowest BCUT2D eigenvalue weighted by molar-refractivity contribution is 0.284. The number of rotatable bonds is 9. The van der Waals surface area contributed by atoms with Crippen molar-refractivity contribution in [1.82, 2.24) is 5.32 Å². The van der Waals surface area contributed by atoms with Crippen LogP contribution >= 0.6 is 11.6 Å². The SMILES string of the molecule is C=C/C=C\C(=C)C(CNCCCO)C1C=CC(Cl)=CC1. The van der Waals surface area contributed by atoms with E-state index in [-0.39, 0.29) is 6.61 Å². The maximum absolute atomic E-state index is 8.82. The number of hydrogen-bond acceptors (Lipinski definition) is 2. The van der Waals surface area contributed by atoms with E-state index >= 15 is 0 Å². The lowest BCUT2D eigenvalue weighted by Crippen LogP contribution is -2.30. The average molecular weight is 294 g/mol. The molecular weight excluding hydrogens is 270 g/mol. The monoisotopic (exact) mass is 293 g/mol. The standard InChI is InChI=1S/C17H24ClNO/c1-3-4-6-14(2)17(13-19-11-5-12-20)15-7-9-16(18)10-8-15/h3-4,6-7,9-10,15,17,19-20H,1-2,5,8,11-13H2/b6-4-. The van der Waals surface area contributed by atoms with E-state index in [4.69, 9.17) is 16.7 Å². The van der Waals surface area contributed by atoms with Gasteiger partial charge in [0.15, 0.2) is 0 Å². The molecule has 0 heterocycles. The number of nitrogens with one attached hydrogen (secondary N) is 1. The molecule has 0 fully saturated rings. The van der Waals surface area contributed by atoms with Crippen molar-refractivity contribution >= 4 is 11.6 Å². The number of halogens is 1. The van der Waals surface area contributed by atoms with Gasteiger partial charge in [0.2, 0.25) is 0 Å². The van der Waals surface area contributed by atoms with E-state index in [2.05, 4.69) is 30.6 Å². The quantitative estimate of drug-likeness (QED) is 0.503. The molecular formula is C17H24ClNO. The second-order valence-electron chi connectivity index (χ2n) is 4.91. The Morgan fingerprint density at radius 2 is 2.40 bits per heavy atom. The fourth-order valence-corrected chi connectivity index (χ4v) is 2.41. The maximum Gasteiger partial charge on any atom is 0.0443 e. The molecule has 0 spiro atoms. The van der Waals surface area contributed by atoms with E-state index in [0.29, 0.717) is 11.8 Å². The van der Waals surface area contributed by atoms with Gasteiger partial charge >= 0.3 is 0 Å². The highest BCUT2D eigenvalue weighted by Gasteiger charge is 2.21. The predicted octanol–water partition coefficient (Wildman–Crippen LogP) is 3.57. The molecule has 3 heteroatoms. The van der Waals surface area contributed by atoms with E-state index in [9.17, 15) is 0 Å². The summed E-state index contributed by atoms with van der Waals surface area (Å²) in [4.78, 5) is 0. The summed E-state index contributed by atoms with van der Waals surface area (Å²) in [6, 6.07) is 0. The summed E-state index contributed by atoms with van der Waals surface area (Å²) >= 11 is 5.98. The number of hydrogen-bond donors (Lipinski definition) is 2. The van der Waals surface area contributed by atoms with E-state index in [1.165, 1.54) is 0 Å². The Morgan fingerprint density at radius 3 is 3.00 bits per heavy atom. The summed E-state index contributed by atoms with van der Waals surface area (Å²) in [6.07, 6.45) is 13.6. The van der Waals surface area contributed by atoms with Crippen LogP contribution in [-0.2, 0) is 0 Å². The minimum Gasteiger partial charge on any atom is -0.396 e. The summed E-state index contributed by atoms with van der Waals surface area (Å²) in [5.41, 5.74) is 1.09. The van der Waals surface area contributed by atoms with Gasteiger partial charge in [0.05, 0.1) is 0 Å². The van der Waals surface area contributed by atoms with Crippen molar-refractivity contribution in [3.05, 3.63) is 60.2 Å². The lowest BCUT2D eigenvalue weighted by Gasteiger charge is -2.26. The zero-order chi connectivity index (χ0) is 14.8. The molecule has 1 aliphatic rings. The summed E-state index contributed by atoms with van der Waals surface area (Å²) in [6.45, 7) is 9.75. The van der Waals surface area contributed by atoms with Crippen LogP contribution in [0.15, 0.2) is 60.2 Å². The highest BCUT2D eigenvalue weighted by atomic mass is 35.5. The van der Waals surface area contributed by atoms with Gasteiger partial charge in [0, 0.05) is 24.1 Å². The van der Waals surface area contributed by atoms with Gasteiger partial charge in [-0.1, -0.05) is 60.7 Å². The van der Waals surface area contributed by atoms with Gasteiger partial charge in [-0.25, -0.2) is 0 Å². The molecule has 2 unspecified atom stereocenters. The van der Waals surface area contributed by atoms with E-state index in [1.54, 1.807) is 6.08 Å². The average Bonchev–Trinajstić information content (AvgIpc) is 2.46. The Labute approximate surface area is 127 Å². The van der Waals surface area contributed by atoms with Crippen LogP contribution in [0.5, 0.6) is 0 Å². The van der Waals surface area contributed by atoms with Gasteiger partial charge in [-0.15, -0.1) is 0 Å². The van der Waals surface area contributed by atoms with Gasteiger partial charge in [0.1, 0.15) is 0 Å². The van der Waals surface area contributed by atoms with Crippen molar-refractivity contribution in [2.45, 2.75) is 12.8 Å². The second-order valence-corrected chi connectivity index (χ2v) is 5.34. The van der Waals surface area contributed by atoms with Gasteiger partial charge in [-0.3, -0.25) is 0 Å². The second kappa shape index (κ2) is 9.76. The number of aliphatic hydroxyl groups excluding tert-OH is 1. The normalized spacial score (nSPS) is 19.9. The Morgan fingerprint density at radius 1 is 1.60 bits per heavy atom. The third-order valence-electron chi connectivity index (χ3n) is 3.40. The topological polar surface area (TPSA) is 32.3 Å². The van der Waals surface area contributed by atoms with Crippen molar-refractivity contribution in [2.75, 3.05) is 19.7 Å². The molecule has 110 valence electrons. The molecule has 0 bridgehead atoms. The molecule has 0 amide bonds. The van der Waals surface area contributed by atoms with E-state index in [1.807, 2.05) is 18.2 Å². The molecule has 0 aromatic rings. The molecule has 1 rings (SSSR count). The number of allylic oxidation sites excluding steroid dienone is 7. The smallest absolute Gasteiger partial charge is 0.0443 e. The Kier molecular flexibility index (Phi) is 8.28. The fraction of sp³-hybridized carbons (Fsp3) is 0.412. The predicted molar refractivity (Wildman–Crippen MR) is 87.7 cm³/mol. The highest BCUT2D eigenvalue weighted by Crippen LogP contribution is 2.29. The minimum atomic E-state index is 0.219. The van der Waals surface area contributed by atoms with Crippen LogP contribution in [0, 0.1) is 11.8 Å². The Hall–Kier alpha value is -1.09. The first-order chi connectivity index (χ1) is 9.69. The van der Waals surface area contributed by atoms with Gasteiger partial charge < -0.3 is 10.4 Å². The van der Waals surface area contributed by atoms with Crippen LogP contribution in [0.4, 0.5) is 0 Å². The van der Waals surface area contributed by atoms with Crippen molar-refractivity contribution in [1.29, 1.82) is 0 Å². The fourth-order valence-electron chi connectivity index (χ4n) is 2.24. The van der Waals surface area contributed by atoms with Crippen molar-refractivity contribution in [2.24, 2.45) is 11.8 Å². The van der Waals surface area contributed by atoms with Crippen molar-refractivity contribution in [3.63, 3.8) is 0 Å². The maximum atomic E-state index is 8.82. The van der Waals surface area contributed by atoms with Gasteiger partial charge in [-0.2, -0.15) is 0 Å². The molecule has 0 aromatic heterocycles. The highest BCUT2D eigenvalue weighted by molar-refractivity contribution is 6.31. The van der Waals surface area contributed by atoms with Gasteiger partial charge in [-0.05, 0) is 31.4 Å². The molecule has 0 aliphatic heterocycles.